The topological polar surface area (TPSA) is 49.9 Å². The summed E-state index contributed by atoms with van der Waals surface area (Å²) in [6.45, 7) is 3.10. The van der Waals surface area contributed by atoms with Gasteiger partial charge in [0, 0.05) is 43.6 Å². The van der Waals surface area contributed by atoms with Crippen molar-refractivity contribution in [1.82, 2.24) is 9.80 Å². The van der Waals surface area contributed by atoms with Crippen molar-refractivity contribution in [2.24, 2.45) is 0 Å². The van der Waals surface area contributed by atoms with Crippen LogP contribution in [0.2, 0.25) is 0 Å². The third-order valence-corrected chi connectivity index (χ3v) is 5.45. The number of hydrogen-bond donors (Lipinski definition) is 0. The summed E-state index contributed by atoms with van der Waals surface area (Å²) in [5, 5.41) is 0. The summed E-state index contributed by atoms with van der Waals surface area (Å²) in [7, 11) is 0. The fourth-order valence-corrected chi connectivity index (χ4v) is 3.99. The van der Waals surface area contributed by atoms with E-state index in [0.717, 1.165) is 30.2 Å². The molecular formula is C19H24N2O3S. The van der Waals surface area contributed by atoms with Crippen molar-refractivity contribution in [1.29, 1.82) is 0 Å². The molecule has 0 bridgehead atoms. The predicted octanol–water partition coefficient (Wildman–Crippen LogP) is 1.89. The van der Waals surface area contributed by atoms with E-state index >= 15 is 0 Å². The van der Waals surface area contributed by atoms with Gasteiger partial charge in [-0.3, -0.25) is 9.59 Å². The fourth-order valence-electron chi connectivity index (χ4n) is 3.08. The number of ether oxygens (including phenoxy) is 1. The third kappa shape index (κ3) is 5.09. The maximum atomic E-state index is 12.6. The first-order chi connectivity index (χ1) is 12.2. The Balaban J connectivity index is 1.60. The number of benzene rings is 1. The Bertz CT molecular complexity index is 614. The lowest BCUT2D eigenvalue weighted by atomic mass is 10.1. The molecule has 1 unspecified atom stereocenters. The molecule has 1 atom stereocenters. The fraction of sp³-hybridized carbons (Fsp3) is 0.474. The van der Waals surface area contributed by atoms with E-state index in [1.54, 1.807) is 11.0 Å². The highest BCUT2D eigenvalue weighted by molar-refractivity contribution is 7.99. The average Bonchev–Trinajstić information content (AvgIpc) is 2.68. The van der Waals surface area contributed by atoms with Crippen molar-refractivity contribution in [3.63, 3.8) is 0 Å². The predicted molar refractivity (Wildman–Crippen MR) is 100 cm³/mol. The maximum Gasteiger partial charge on any atom is 0.246 e. The lowest BCUT2D eigenvalue weighted by Gasteiger charge is -2.36. The van der Waals surface area contributed by atoms with Crippen LogP contribution in [0.1, 0.15) is 12.0 Å². The number of hydrogen-bond acceptors (Lipinski definition) is 4. The van der Waals surface area contributed by atoms with E-state index in [1.807, 2.05) is 53.1 Å². The summed E-state index contributed by atoms with van der Waals surface area (Å²) in [4.78, 5) is 28.8. The van der Waals surface area contributed by atoms with Crippen molar-refractivity contribution < 1.29 is 14.3 Å². The normalized spacial score (nSPS) is 21.5. The summed E-state index contributed by atoms with van der Waals surface area (Å²) in [6.07, 6.45) is 3.75. The van der Waals surface area contributed by atoms with Crippen molar-refractivity contribution in [3.8, 4) is 0 Å². The largest absolute Gasteiger partial charge is 0.377 e. The van der Waals surface area contributed by atoms with Crippen LogP contribution in [0, 0.1) is 0 Å². The van der Waals surface area contributed by atoms with Crippen LogP contribution in [0.25, 0.3) is 6.08 Å². The van der Waals surface area contributed by atoms with Crippen molar-refractivity contribution in [2.45, 2.75) is 12.5 Å². The Labute approximate surface area is 153 Å². The molecule has 2 aliphatic heterocycles. The maximum absolute atomic E-state index is 12.6. The van der Waals surface area contributed by atoms with E-state index in [2.05, 4.69) is 0 Å². The highest BCUT2D eigenvalue weighted by atomic mass is 32.2. The van der Waals surface area contributed by atoms with Gasteiger partial charge in [-0.1, -0.05) is 30.3 Å². The molecule has 2 heterocycles. The minimum Gasteiger partial charge on any atom is -0.377 e. The highest BCUT2D eigenvalue weighted by Crippen LogP contribution is 2.16. The van der Waals surface area contributed by atoms with Gasteiger partial charge < -0.3 is 14.5 Å². The van der Waals surface area contributed by atoms with Gasteiger partial charge in [0.05, 0.1) is 19.3 Å². The van der Waals surface area contributed by atoms with Gasteiger partial charge in [0.15, 0.2) is 0 Å². The zero-order chi connectivity index (χ0) is 17.5. The van der Waals surface area contributed by atoms with Gasteiger partial charge in [0.2, 0.25) is 11.8 Å². The van der Waals surface area contributed by atoms with Crippen LogP contribution in [0.15, 0.2) is 36.4 Å². The summed E-state index contributed by atoms with van der Waals surface area (Å²) in [5.74, 6) is 2.06. The minimum absolute atomic E-state index is 0.0563. The van der Waals surface area contributed by atoms with Gasteiger partial charge in [-0.15, -0.1) is 0 Å². The lowest BCUT2D eigenvalue weighted by molar-refractivity contribution is -0.140. The lowest BCUT2D eigenvalue weighted by Crippen LogP contribution is -2.51. The van der Waals surface area contributed by atoms with Gasteiger partial charge in [-0.25, -0.2) is 0 Å². The number of rotatable bonds is 4. The quantitative estimate of drug-likeness (QED) is 0.770. The van der Waals surface area contributed by atoms with Gasteiger partial charge in [0.25, 0.3) is 0 Å². The minimum atomic E-state index is -0.177. The molecule has 2 aliphatic rings. The van der Waals surface area contributed by atoms with Crippen LogP contribution in [0.5, 0.6) is 0 Å². The van der Waals surface area contributed by atoms with Crippen LogP contribution in [0.3, 0.4) is 0 Å². The molecule has 6 heteroatoms. The van der Waals surface area contributed by atoms with Gasteiger partial charge in [-0.05, 0) is 11.6 Å². The van der Waals surface area contributed by atoms with E-state index in [9.17, 15) is 9.59 Å². The Hall–Kier alpha value is -1.79. The molecule has 0 spiro atoms. The third-order valence-electron chi connectivity index (χ3n) is 4.50. The van der Waals surface area contributed by atoms with E-state index in [-0.39, 0.29) is 17.9 Å². The number of carbonyl (C=O) groups excluding carboxylic acids is 2. The second-order valence-electron chi connectivity index (χ2n) is 6.20. The summed E-state index contributed by atoms with van der Waals surface area (Å²) in [5.41, 5.74) is 0.988. The van der Waals surface area contributed by atoms with Gasteiger partial charge in [0.1, 0.15) is 0 Å². The molecule has 0 aliphatic carbocycles. The number of amides is 2. The Morgan fingerprint density at radius 1 is 1.16 bits per heavy atom. The van der Waals surface area contributed by atoms with E-state index in [4.69, 9.17) is 4.74 Å². The van der Waals surface area contributed by atoms with Gasteiger partial charge >= 0.3 is 0 Å². The van der Waals surface area contributed by atoms with E-state index in [0.29, 0.717) is 26.2 Å². The number of morpholine rings is 1. The van der Waals surface area contributed by atoms with E-state index in [1.165, 1.54) is 0 Å². The zero-order valence-corrected chi connectivity index (χ0v) is 15.1. The standard InChI is InChI=1S/C19H24N2O3S/c22-18(7-6-16-4-2-1-3-5-16)21-8-11-24-15-17(21)14-19(23)20-9-12-25-13-10-20/h1-7,17H,8-15H2. The first-order valence-electron chi connectivity index (χ1n) is 8.71. The smallest absolute Gasteiger partial charge is 0.246 e. The van der Waals surface area contributed by atoms with E-state index < -0.39 is 0 Å². The molecule has 2 fully saturated rings. The molecule has 0 N–H and O–H groups in total. The number of carbonyl (C=O) groups is 2. The van der Waals surface area contributed by atoms with Crippen molar-refractivity contribution in [3.05, 3.63) is 42.0 Å². The van der Waals surface area contributed by atoms with Gasteiger partial charge in [-0.2, -0.15) is 11.8 Å². The second kappa shape index (κ2) is 9.06. The molecule has 2 amide bonds. The van der Waals surface area contributed by atoms with Crippen LogP contribution >= 0.6 is 11.8 Å². The molecule has 5 nitrogen and oxygen atoms in total. The van der Waals surface area contributed by atoms with Crippen molar-refractivity contribution >= 4 is 29.7 Å². The van der Waals surface area contributed by atoms with Crippen LogP contribution < -0.4 is 0 Å². The molecule has 134 valence electrons. The first kappa shape index (κ1) is 18.0. The van der Waals surface area contributed by atoms with Crippen LogP contribution in [-0.4, -0.2) is 72.0 Å². The number of nitrogens with zero attached hydrogens (tertiary/aromatic N) is 2. The molecule has 0 saturated carbocycles. The Kier molecular flexibility index (Phi) is 6.53. The Morgan fingerprint density at radius 3 is 2.68 bits per heavy atom. The van der Waals surface area contributed by atoms with Crippen LogP contribution in [-0.2, 0) is 14.3 Å². The summed E-state index contributed by atoms with van der Waals surface area (Å²) >= 11 is 1.88. The summed E-state index contributed by atoms with van der Waals surface area (Å²) < 4.78 is 5.52. The zero-order valence-electron chi connectivity index (χ0n) is 14.3. The first-order valence-corrected chi connectivity index (χ1v) is 9.86. The highest BCUT2D eigenvalue weighted by Gasteiger charge is 2.30. The molecule has 2 saturated heterocycles. The molecule has 0 aromatic heterocycles. The average molecular weight is 360 g/mol. The van der Waals surface area contributed by atoms with Crippen LogP contribution in [0.4, 0.5) is 0 Å². The van der Waals surface area contributed by atoms with Crippen molar-refractivity contribution in [2.75, 3.05) is 44.4 Å². The summed E-state index contributed by atoms with van der Waals surface area (Å²) in [6, 6.07) is 9.57. The second-order valence-corrected chi connectivity index (χ2v) is 7.43. The monoisotopic (exact) mass is 360 g/mol. The number of thioether (sulfide) groups is 1. The SMILES string of the molecule is O=C(CC1COCCN1C(=O)C=Cc1ccccc1)N1CCSCC1. The molecule has 1 aromatic carbocycles. The molecule has 0 radical (unpaired) electrons. The molecule has 25 heavy (non-hydrogen) atoms. The molecular weight excluding hydrogens is 336 g/mol. The molecule has 1 aromatic rings. The molecule has 3 rings (SSSR count). The Morgan fingerprint density at radius 2 is 1.92 bits per heavy atom.